The minimum Gasteiger partial charge on any atom is -0.325 e. The second-order valence-corrected chi connectivity index (χ2v) is 10.1. The van der Waals surface area contributed by atoms with Gasteiger partial charge in [0.15, 0.2) is 0 Å². The van der Waals surface area contributed by atoms with Crippen LogP contribution in [0.1, 0.15) is 24.0 Å². The van der Waals surface area contributed by atoms with Gasteiger partial charge in [0.1, 0.15) is 5.01 Å². The Morgan fingerprint density at radius 2 is 1.79 bits per heavy atom. The van der Waals surface area contributed by atoms with Crippen LogP contribution >= 0.6 is 11.3 Å². The molecule has 2 heterocycles. The van der Waals surface area contributed by atoms with E-state index in [4.69, 9.17) is 4.98 Å². The molecule has 5 rings (SSSR count). The molecule has 1 aliphatic heterocycles. The standard InChI is InChI=1S/C28H29N3OS/c1-20-7-12-25-26(17-20)33-28(30-25)23-8-10-24(11-9-23)29-27(32)19-31-15-13-22(14-16-31)18-21-5-3-2-4-6-21/h2-12,17,22H,13-16,18-19H2,1H3,(H,29,32). The number of aromatic nitrogens is 1. The maximum Gasteiger partial charge on any atom is 0.238 e. The molecular weight excluding hydrogens is 426 g/mol. The zero-order chi connectivity index (χ0) is 22.6. The number of nitrogens with zero attached hydrogens (tertiary/aromatic N) is 2. The Morgan fingerprint density at radius 3 is 2.55 bits per heavy atom. The Hall–Kier alpha value is -3.02. The van der Waals surface area contributed by atoms with Gasteiger partial charge in [-0.1, -0.05) is 36.4 Å². The van der Waals surface area contributed by atoms with E-state index < -0.39 is 0 Å². The first kappa shape index (κ1) is 21.8. The average Bonchev–Trinajstić information content (AvgIpc) is 3.25. The molecule has 3 aromatic carbocycles. The van der Waals surface area contributed by atoms with Gasteiger partial charge < -0.3 is 5.32 Å². The largest absolute Gasteiger partial charge is 0.325 e. The zero-order valence-corrected chi connectivity index (χ0v) is 19.8. The molecule has 1 aliphatic rings. The van der Waals surface area contributed by atoms with Crippen LogP contribution in [0.3, 0.4) is 0 Å². The number of fused-ring (bicyclic) bond motifs is 1. The fourth-order valence-corrected chi connectivity index (χ4v) is 5.62. The van der Waals surface area contributed by atoms with Gasteiger partial charge >= 0.3 is 0 Å². The molecule has 0 spiro atoms. The minimum atomic E-state index is 0.0553. The lowest BCUT2D eigenvalue weighted by molar-refractivity contribution is -0.117. The molecule has 0 saturated carbocycles. The summed E-state index contributed by atoms with van der Waals surface area (Å²) in [5.41, 5.74) is 5.60. The number of carbonyl (C=O) groups excluding carboxylic acids is 1. The number of piperidine rings is 1. The number of nitrogens with one attached hydrogen (secondary N) is 1. The molecule has 1 aromatic heterocycles. The van der Waals surface area contributed by atoms with Gasteiger partial charge in [0, 0.05) is 11.3 Å². The third-order valence-corrected chi connectivity index (χ3v) is 7.47. The maximum absolute atomic E-state index is 12.6. The van der Waals surface area contributed by atoms with Gasteiger partial charge in [0.2, 0.25) is 5.91 Å². The lowest BCUT2D eigenvalue weighted by Crippen LogP contribution is -2.39. The number of carbonyl (C=O) groups is 1. The molecule has 1 amide bonds. The second-order valence-electron chi connectivity index (χ2n) is 9.02. The van der Waals surface area contributed by atoms with E-state index in [9.17, 15) is 4.79 Å². The van der Waals surface area contributed by atoms with Crippen molar-refractivity contribution in [2.24, 2.45) is 5.92 Å². The van der Waals surface area contributed by atoms with Crippen LogP contribution in [0, 0.1) is 12.8 Å². The molecule has 0 atom stereocenters. The van der Waals surface area contributed by atoms with Crippen LogP contribution in [0.2, 0.25) is 0 Å². The summed E-state index contributed by atoms with van der Waals surface area (Å²) in [5.74, 6) is 0.769. The number of likely N-dealkylation sites (tertiary alicyclic amines) is 1. The van der Waals surface area contributed by atoms with Crippen molar-refractivity contribution in [1.29, 1.82) is 0 Å². The highest BCUT2D eigenvalue weighted by Gasteiger charge is 2.21. The molecule has 4 aromatic rings. The Labute approximate surface area is 199 Å². The number of rotatable bonds is 6. The quantitative estimate of drug-likeness (QED) is 0.378. The molecule has 168 valence electrons. The number of thiazole rings is 1. The van der Waals surface area contributed by atoms with Gasteiger partial charge in [0.05, 0.1) is 16.8 Å². The second kappa shape index (κ2) is 9.86. The van der Waals surface area contributed by atoms with E-state index in [0.717, 1.165) is 54.1 Å². The van der Waals surface area contributed by atoms with Crippen LogP contribution in [-0.4, -0.2) is 35.4 Å². The third-order valence-electron chi connectivity index (χ3n) is 6.40. The summed E-state index contributed by atoms with van der Waals surface area (Å²) in [6.45, 7) is 4.53. The molecule has 1 N–H and O–H groups in total. The molecule has 33 heavy (non-hydrogen) atoms. The molecule has 0 bridgehead atoms. The summed E-state index contributed by atoms with van der Waals surface area (Å²) in [4.78, 5) is 19.6. The van der Waals surface area contributed by atoms with E-state index in [1.807, 2.05) is 24.3 Å². The van der Waals surface area contributed by atoms with Crippen LogP contribution < -0.4 is 5.32 Å². The van der Waals surface area contributed by atoms with Crippen molar-refractivity contribution < 1.29 is 4.79 Å². The number of amides is 1. The van der Waals surface area contributed by atoms with Gasteiger partial charge in [0.25, 0.3) is 0 Å². The van der Waals surface area contributed by atoms with E-state index in [1.54, 1.807) is 11.3 Å². The smallest absolute Gasteiger partial charge is 0.238 e. The van der Waals surface area contributed by atoms with Gasteiger partial charge in [-0.2, -0.15) is 0 Å². The molecule has 0 radical (unpaired) electrons. The van der Waals surface area contributed by atoms with Crippen LogP contribution in [0.15, 0.2) is 72.8 Å². The Morgan fingerprint density at radius 1 is 1.03 bits per heavy atom. The van der Waals surface area contributed by atoms with Crippen molar-refractivity contribution >= 4 is 33.1 Å². The Balaban J connectivity index is 1.12. The topological polar surface area (TPSA) is 45.2 Å². The molecule has 5 heteroatoms. The molecular formula is C28H29N3OS. The summed E-state index contributed by atoms with van der Waals surface area (Å²) in [6, 6.07) is 25.1. The fraction of sp³-hybridized carbons (Fsp3) is 0.286. The highest BCUT2D eigenvalue weighted by molar-refractivity contribution is 7.21. The number of aryl methyl sites for hydroxylation is 1. The lowest BCUT2D eigenvalue weighted by atomic mass is 9.90. The van der Waals surface area contributed by atoms with Gasteiger partial charge in [-0.25, -0.2) is 4.98 Å². The Kier molecular flexibility index (Phi) is 6.51. The van der Waals surface area contributed by atoms with Crippen LogP contribution in [0.25, 0.3) is 20.8 Å². The lowest BCUT2D eigenvalue weighted by Gasteiger charge is -2.31. The Bertz CT molecular complexity index is 1230. The van der Waals surface area contributed by atoms with E-state index in [1.165, 1.54) is 15.8 Å². The number of anilines is 1. The number of hydrogen-bond donors (Lipinski definition) is 1. The predicted molar refractivity (Wildman–Crippen MR) is 138 cm³/mol. The monoisotopic (exact) mass is 455 g/mol. The summed E-state index contributed by atoms with van der Waals surface area (Å²) < 4.78 is 1.20. The van der Waals surface area contributed by atoms with Crippen LogP contribution in [0.4, 0.5) is 5.69 Å². The highest BCUT2D eigenvalue weighted by atomic mass is 32.1. The van der Waals surface area contributed by atoms with Crippen molar-refractivity contribution in [3.63, 3.8) is 0 Å². The normalized spacial score (nSPS) is 15.1. The van der Waals surface area contributed by atoms with E-state index >= 15 is 0 Å². The van der Waals surface area contributed by atoms with E-state index in [2.05, 4.69) is 65.7 Å². The van der Waals surface area contributed by atoms with Crippen molar-refractivity contribution in [3.8, 4) is 10.6 Å². The van der Waals surface area contributed by atoms with Crippen molar-refractivity contribution in [2.45, 2.75) is 26.2 Å². The molecule has 0 aliphatic carbocycles. The summed E-state index contributed by atoms with van der Waals surface area (Å²) >= 11 is 1.70. The summed E-state index contributed by atoms with van der Waals surface area (Å²) in [6.07, 6.45) is 3.44. The average molecular weight is 456 g/mol. The predicted octanol–water partition coefficient (Wildman–Crippen LogP) is 6.16. The van der Waals surface area contributed by atoms with Crippen molar-refractivity contribution in [3.05, 3.63) is 83.9 Å². The first-order valence-electron chi connectivity index (χ1n) is 11.7. The molecule has 1 fully saturated rings. The number of benzene rings is 3. The van der Waals surface area contributed by atoms with Gasteiger partial charge in [-0.15, -0.1) is 11.3 Å². The molecule has 4 nitrogen and oxygen atoms in total. The first-order valence-corrected chi connectivity index (χ1v) is 12.5. The van der Waals surface area contributed by atoms with Crippen LogP contribution in [-0.2, 0) is 11.2 Å². The summed E-state index contributed by atoms with van der Waals surface area (Å²) in [5, 5.41) is 4.06. The minimum absolute atomic E-state index is 0.0553. The highest BCUT2D eigenvalue weighted by Crippen LogP contribution is 2.31. The zero-order valence-electron chi connectivity index (χ0n) is 19.0. The maximum atomic E-state index is 12.6. The third kappa shape index (κ3) is 5.49. The molecule has 1 saturated heterocycles. The van der Waals surface area contributed by atoms with Gasteiger partial charge in [-0.05, 0) is 92.7 Å². The molecule has 0 unspecified atom stereocenters. The fourth-order valence-electron chi connectivity index (χ4n) is 4.55. The number of hydrogen-bond acceptors (Lipinski definition) is 4. The van der Waals surface area contributed by atoms with Crippen LogP contribution in [0.5, 0.6) is 0 Å². The van der Waals surface area contributed by atoms with Crippen molar-refractivity contribution in [2.75, 3.05) is 25.0 Å². The summed E-state index contributed by atoms with van der Waals surface area (Å²) in [7, 11) is 0. The van der Waals surface area contributed by atoms with E-state index in [-0.39, 0.29) is 5.91 Å². The van der Waals surface area contributed by atoms with Gasteiger partial charge in [-0.3, -0.25) is 9.69 Å². The van der Waals surface area contributed by atoms with Crippen molar-refractivity contribution in [1.82, 2.24) is 9.88 Å². The SMILES string of the molecule is Cc1ccc2nc(-c3ccc(NC(=O)CN4CCC(Cc5ccccc5)CC4)cc3)sc2c1. The first-order chi connectivity index (χ1) is 16.1. The van der Waals surface area contributed by atoms with E-state index in [0.29, 0.717) is 12.5 Å².